The highest BCUT2D eigenvalue weighted by atomic mass is 32.2. The number of nitrogens with zero attached hydrogens (tertiary/aromatic N) is 1. The van der Waals surface area contributed by atoms with Crippen molar-refractivity contribution in [3.05, 3.63) is 29.8 Å². The van der Waals surface area contributed by atoms with Gasteiger partial charge in [0.15, 0.2) is 0 Å². The van der Waals surface area contributed by atoms with Gasteiger partial charge < -0.3 is 0 Å². The number of aryl methyl sites for hydroxylation is 1. The lowest BCUT2D eigenvalue weighted by molar-refractivity contribution is 0.356. The van der Waals surface area contributed by atoms with Crippen molar-refractivity contribution in [2.24, 2.45) is 22.7 Å². The van der Waals surface area contributed by atoms with E-state index in [1.54, 1.807) is 16.4 Å². The molecular formula is C16H19NO2S. The molecule has 3 aliphatic carbocycles. The Morgan fingerprint density at radius 3 is 2.65 bits per heavy atom. The zero-order valence-electron chi connectivity index (χ0n) is 11.7. The number of piperidine rings is 1. The standard InChI is InChI=1S/C16H19NO2S/c1-11-2-4-13(5-3-11)20(18,19)17-9-15-7-12-6-14(12)16(15,8-15)10-17/h2-5,12,14H,6-10H2,1H3/t12-,14-,15-,16+/m0/s1. The predicted molar refractivity (Wildman–Crippen MR) is 75.6 cm³/mol. The molecule has 1 aliphatic heterocycles. The lowest BCUT2D eigenvalue weighted by atomic mass is 9.95. The van der Waals surface area contributed by atoms with E-state index < -0.39 is 10.0 Å². The van der Waals surface area contributed by atoms with Gasteiger partial charge in [-0.15, -0.1) is 0 Å². The van der Waals surface area contributed by atoms with Crippen LogP contribution in [0.3, 0.4) is 0 Å². The van der Waals surface area contributed by atoms with Gasteiger partial charge in [0.1, 0.15) is 0 Å². The summed E-state index contributed by atoms with van der Waals surface area (Å²) in [7, 11) is -3.28. The van der Waals surface area contributed by atoms with E-state index in [4.69, 9.17) is 0 Å². The van der Waals surface area contributed by atoms with Crippen LogP contribution < -0.4 is 0 Å². The second-order valence-electron chi connectivity index (χ2n) is 7.51. The van der Waals surface area contributed by atoms with Gasteiger partial charge in [-0.25, -0.2) is 8.42 Å². The van der Waals surface area contributed by atoms with Crippen LogP contribution in [0.1, 0.15) is 24.8 Å². The summed E-state index contributed by atoms with van der Waals surface area (Å²) in [6.45, 7) is 3.54. The minimum Gasteiger partial charge on any atom is -0.207 e. The van der Waals surface area contributed by atoms with Gasteiger partial charge in [0.2, 0.25) is 10.0 Å². The molecule has 0 aromatic heterocycles. The van der Waals surface area contributed by atoms with Crippen molar-refractivity contribution in [3.63, 3.8) is 0 Å². The molecule has 3 nitrogen and oxygen atoms in total. The van der Waals surface area contributed by atoms with Crippen molar-refractivity contribution >= 4 is 10.0 Å². The molecule has 4 atom stereocenters. The van der Waals surface area contributed by atoms with Crippen LogP contribution in [0.25, 0.3) is 0 Å². The highest BCUT2D eigenvalue weighted by Gasteiger charge is 2.84. The predicted octanol–water partition coefficient (Wildman–Crippen LogP) is 2.42. The molecule has 1 aromatic carbocycles. The average Bonchev–Trinajstić information content (AvgIpc) is 3.25. The minimum atomic E-state index is -3.28. The maximum Gasteiger partial charge on any atom is 0.243 e. The Labute approximate surface area is 120 Å². The van der Waals surface area contributed by atoms with Crippen molar-refractivity contribution in [2.45, 2.75) is 31.1 Å². The number of sulfonamides is 1. The first kappa shape index (κ1) is 11.8. The number of benzene rings is 1. The average molecular weight is 289 g/mol. The van der Waals surface area contributed by atoms with E-state index >= 15 is 0 Å². The van der Waals surface area contributed by atoms with Crippen LogP contribution in [-0.4, -0.2) is 25.8 Å². The van der Waals surface area contributed by atoms with Crippen LogP contribution in [0, 0.1) is 29.6 Å². The first-order chi connectivity index (χ1) is 9.47. The Kier molecular flexibility index (Phi) is 1.85. The Morgan fingerprint density at radius 1 is 1.20 bits per heavy atom. The lowest BCUT2D eigenvalue weighted by Crippen LogP contribution is -2.33. The number of fused-ring (bicyclic) bond motifs is 1. The molecule has 4 heteroatoms. The largest absolute Gasteiger partial charge is 0.243 e. The van der Waals surface area contributed by atoms with Gasteiger partial charge in [-0.3, -0.25) is 0 Å². The van der Waals surface area contributed by atoms with Crippen molar-refractivity contribution in [1.82, 2.24) is 4.31 Å². The fraction of sp³-hybridized carbons (Fsp3) is 0.625. The molecule has 5 rings (SSSR count). The van der Waals surface area contributed by atoms with E-state index in [-0.39, 0.29) is 0 Å². The number of hydrogen-bond donors (Lipinski definition) is 0. The summed E-state index contributed by atoms with van der Waals surface area (Å²) >= 11 is 0. The van der Waals surface area contributed by atoms with Crippen LogP contribution in [-0.2, 0) is 10.0 Å². The van der Waals surface area contributed by atoms with E-state index in [1.165, 1.54) is 19.3 Å². The molecule has 0 bridgehead atoms. The smallest absolute Gasteiger partial charge is 0.207 e. The van der Waals surface area contributed by atoms with E-state index in [0.717, 1.165) is 30.5 Å². The van der Waals surface area contributed by atoms with Crippen molar-refractivity contribution in [1.29, 1.82) is 0 Å². The van der Waals surface area contributed by atoms with E-state index in [1.807, 2.05) is 19.1 Å². The van der Waals surface area contributed by atoms with Gasteiger partial charge in [0.05, 0.1) is 4.90 Å². The molecule has 20 heavy (non-hydrogen) atoms. The van der Waals surface area contributed by atoms with Gasteiger partial charge in [-0.05, 0) is 61.0 Å². The number of rotatable bonds is 2. The van der Waals surface area contributed by atoms with Gasteiger partial charge >= 0.3 is 0 Å². The van der Waals surface area contributed by atoms with Crippen LogP contribution in [0.4, 0.5) is 0 Å². The molecule has 0 radical (unpaired) electrons. The minimum absolute atomic E-state index is 0.373. The molecule has 106 valence electrons. The third kappa shape index (κ3) is 1.19. The molecule has 3 saturated carbocycles. The van der Waals surface area contributed by atoms with E-state index in [2.05, 4.69) is 0 Å². The van der Waals surface area contributed by atoms with Crippen molar-refractivity contribution < 1.29 is 8.42 Å². The zero-order valence-corrected chi connectivity index (χ0v) is 12.5. The Hall–Kier alpha value is -0.870. The molecule has 0 N–H and O–H groups in total. The van der Waals surface area contributed by atoms with Crippen molar-refractivity contribution in [2.75, 3.05) is 13.1 Å². The Balaban J connectivity index is 1.49. The van der Waals surface area contributed by atoms with Crippen LogP contribution in [0.2, 0.25) is 0 Å². The van der Waals surface area contributed by atoms with Gasteiger partial charge in [0, 0.05) is 13.1 Å². The molecule has 1 heterocycles. The number of hydrogen-bond acceptors (Lipinski definition) is 2. The molecule has 1 aromatic rings. The van der Waals surface area contributed by atoms with Crippen LogP contribution in [0.5, 0.6) is 0 Å². The fourth-order valence-corrected chi connectivity index (χ4v) is 6.96. The molecule has 4 aliphatic rings. The molecule has 0 spiro atoms. The molecule has 0 unspecified atom stereocenters. The second kappa shape index (κ2) is 3.14. The summed E-state index contributed by atoms with van der Waals surface area (Å²) in [6.07, 6.45) is 3.94. The van der Waals surface area contributed by atoms with Crippen molar-refractivity contribution in [3.8, 4) is 0 Å². The topological polar surface area (TPSA) is 37.4 Å². The van der Waals surface area contributed by atoms with E-state index in [9.17, 15) is 8.42 Å². The summed E-state index contributed by atoms with van der Waals surface area (Å²) in [5.74, 6) is 1.79. The van der Waals surface area contributed by atoms with Crippen LogP contribution >= 0.6 is 0 Å². The van der Waals surface area contributed by atoms with Gasteiger partial charge in [0.25, 0.3) is 0 Å². The molecule has 4 fully saturated rings. The summed E-state index contributed by atoms with van der Waals surface area (Å²) in [5.41, 5.74) is 1.86. The fourth-order valence-electron chi connectivity index (χ4n) is 5.37. The molecule has 1 saturated heterocycles. The third-order valence-electron chi connectivity index (χ3n) is 6.47. The summed E-state index contributed by atoms with van der Waals surface area (Å²) in [5, 5.41) is 0. The monoisotopic (exact) mass is 289 g/mol. The summed E-state index contributed by atoms with van der Waals surface area (Å²) in [6, 6.07) is 7.27. The second-order valence-corrected chi connectivity index (χ2v) is 9.44. The first-order valence-corrected chi connectivity index (χ1v) is 8.98. The summed E-state index contributed by atoms with van der Waals surface area (Å²) in [4.78, 5) is 0.461. The maximum atomic E-state index is 12.8. The third-order valence-corrected chi connectivity index (χ3v) is 8.27. The highest BCUT2D eigenvalue weighted by Crippen LogP contribution is 2.87. The summed E-state index contributed by atoms with van der Waals surface area (Å²) < 4.78 is 27.3. The quantitative estimate of drug-likeness (QED) is 0.838. The van der Waals surface area contributed by atoms with Gasteiger partial charge in [-0.1, -0.05) is 17.7 Å². The Morgan fingerprint density at radius 2 is 1.95 bits per heavy atom. The lowest BCUT2D eigenvalue weighted by Gasteiger charge is -2.22. The first-order valence-electron chi connectivity index (χ1n) is 7.54. The van der Waals surface area contributed by atoms with E-state index in [0.29, 0.717) is 15.7 Å². The van der Waals surface area contributed by atoms with Crippen LogP contribution in [0.15, 0.2) is 29.2 Å². The zero-order chi connectivity index (χ0) is 13.8. The molecule has 0 amide bonds. The highest BCUT2D eigenvalue weighted by molar-refractivity contribution is 7.89. The normalized spacial score (nSPS) is 44.9. The Bertz CT molecular complexity index is 710. The SMILES string of the molecule is Cc1ccc(S(=O)(=O)N2C[C@@]34C[C@@H]5C[C@@H]5[C@]3(C2)C4)cc1. The maximum absolute atomic E-state index is 12.8. The van der Waals surface area contributed by atoms with Gasteiger partial charge in [-0.2, -0.15) is 4.31 Å². The molecular weight excluding hydrogens is 270 g/mol.